The van der Waals surface area contributed by atoms with E-state index < -0.39 is 0 Å². The Labute approximate surface area is 124 Å². The molecule has 1 saturated carbocycles. The third-order valence-electron chi connectivity index (χ3n) is 4.12. The normalized spacial score (nSPS) is 17.0. The van der Waals surface area contributed by atoms with Crippen molar-refractivity contribution in [2.45, 2.75) is 38.0 Å². The summed E-state index contributed by atoms with van der Waals surface area (Å²) in [6, 6.07) is 3.59. The fraction of sp³-hybridized carbons (Fsp3) is 0.533. The number of nitrogens with two attached hydrogens (primary N) is 1. The van der Waals surface area contributed by atoms with E-state index in [9.17, 15) is 4.79 Å². The number of ether oxygens (including phenoxy) is 1. The Morgan fingerprint density at radius 2 is 2.10 bits per heavy atom. The maximum Gasteiger partial charge on any atom is 0.221 e. The molecule has 0 bridgehead atoms. The van der Waals surface area contributed by atoms with E-state index in [0.29, 0.717) is 23.0 Å². The Bertz CT molecular complexity index is 511. The average Bonchev–Trinajstić information content (AvgIpc) is 2.88. The lowest BCUT2D eigenvalue weighted by Gasteiger charge is -2.32. The summed E-state index contributed by atoms with van der Waals surface area (Å²) < 4.78 is 5.38. The average molecular weight is 297 g/mol. The van der Waals surface area contributed by atoms with Gasteiger partial charge in [-0.25, -0.2) is 0 Å². The number of benzene rings is 1. The van der Waals surface area contributed by atoms with E-state index >= 15 is 0 Å². The molecule has 0 saturated heterocycles. The van der Waals surface area contributed by atoms with Crippen molar-refractivity contribution in [2.24, 2.45) is 5.73 Å². The van der Waals surface area contributed by atoms with E-state index in [-0.39, 0.29) is 11.3 Å². The molecule has 110 valence electrons. The number of rotatable bonds is 4. The molecule has 1 aromatic rings. The zero-order chi connectivity index (χ0) is 14.8. The monoisotopic (exact) mass is 296 g/mol. The van der Waals surface area contributed by atoms with E-state index in [1.807, 2.05) is 6.07 Å². The van der Waals surface area contributed by atoms with E-state index in [1.54, 1.807) is 13.2 Å². The summed E-state index contributed by atoms with van der Waals surface area (Å²) in [5.41, 5.74) is 7.48. The quantitative estimate of drug-likeness (QED) is 0.897. The number of amides is 1. The minimum absolute atomic E-state index is 0.142. The number of hydrogen-bond acceptors (Lipinski definition) is 3. The van der Waals surface area contributed by atoms with Gasteiger partial charge < -0.3 is 15.8 Å². The minimum atomic E-state index is -0.163. The highest BCUT2D eigenvalue weighted by molar-refractivity contribution is 6.32. The highest BCUT2D eigenvalue weighted by Gasteiger charge is 2.39. The van der Waals surface area contributed by atoms with Gasteiger partial charge in [-0.3, -0.25) is 4.79 Å². The van der Waals surface area contributed by atoms with Gasteiger partial charge in [0, 0.05) is 29.5 Å². The Hall–Kier alpha value is -1.26. The third-order valence-corrected chi connectivity index (χ3v) is 4.43. The Balaban J connectivity index is 2.62. The van der Waals surface area contributed by atoms with Gasteiger partial charge in [0.25, 0.3) is 0 Å². The molecule has 20 heavy (non-hydrogen) atoms. The van der Waals surface area contributed by atoms with Crippen LogP contribution in [0.4, 0.5) is 5.69 Å². The molecule has 0 atom stereocenters. The molecule has 0 radical (unpaired) electrons. The Morgan fingerprint density at radius 1 is 1.45 bits per heavy atom. The van der Waals surface area contributed by atoms with Crippen molar-refractivity contribution >= 4 is 23.2 Å². The fourth-order valence-electron chi connectivity index (χ4n) is 3.15. The number of anilines is 1. The number of hydrogen-bond donors (Lipinski definition) is 2. The van der Waals surface area contributed by atoms with Crippen LogP contribution in [0.3, 0.4) is 0 Å². The van der Waals surface area contributed by atoms with Crippen LogP contribution in [0.1, 0.15) is 38.2 Å². The van der Waals surface area contributed by atoms with Crippen LogP contribution in [0.5, 0.6) is 5.75 Å². The second kappa shape index (κ2) is 6.02. The van der Waals surface area contributed by atoms with Gasteiger partial charge >= 0.3 is 0 Å². The van der Waals surface area contributed by atoms with Gasteiger partial charge in [0.15, 0.2) is 0 Å². The van der Waals surface area contributed by atoms with Crippen LogP contribution < -0.4 is 15.8 Å². The molecule has 0 spiro atoms. The number of halogens is 1. The molecule has 0 aromatic heterocycles. The lowest BCUT2D eigenvalue weighted by atomic mass is 9.77. The lowest BCUT2D eigenvalue weighted by Crippen LogP contribution is -2.33. The first-order valence-electron chi connectivity index (χ1n) is 6.89. The van der Waals surface area contributed by atoms with Crippen LogP contribution in [0.15, 0.2) is 12.1 Å². The molecule has 4 nitrogen and oxygen atoms in total. The molecular formula is C15H21ClN2O2. The number of carbonyl (C=O) groups is 1. The van der Waals surface area contributed by atoms with E-state index in [4.69, 9.17) is 22.1 Å². The zero-order valence-electron chi connectivity index (χ0n) is 12.0. The third kappa shape index (κ3) is 2.63. The maximum atomic E-state index is 11.5. The summed E-state index contributed by atoms with van der Waals surface area (Å²) in [5, 5.41) is 3.51. The van der Waals surface area contributed by atoms with Crippen molar-refractivity contribution in [2.75, 3.05) is 19.0 Å². The van der Waals surface area contributed by atoms with Crippen LogP contribution in [0.25, 0.3) is 0 Å². The topological polar surface area (TPSA) is 64.3 Å². The van der Waals surface area contributed by atoms with Gasteiger partial charge in [0.2, 0.25) is 5.91 Å². The molecule has 1 fully saturated rings. The molecule has 1 aromatic carbocycles. The van der Waals surface area contributed by atoms with Gasteiger partial charge in [-0.2, -0.15) is 0 Å². The first kappa shape index (κ1) is 15.1. The first-order valence-corrected chi connectivity index (χ1v) is 7.26. The second-order valence-electron chi connectivity index (χ2n) is 5.37. The van der Waals surface area contributed by atoms with Crippen LogP contribution in [-0.4, -0.2) is 19.6 Å². The molecule has 0 unspecified atom stereocenters. The van der Waals surface area contributed by atoms with Crippen molar-refractivity contribution in [3.63, 3.8) is 0 Å². The molecule has 2 rings (SSSR count). The van der Waals surface area contributed by atoms with Crippen LogP contribution in [0, 0.1) is 0 Å². The van der Waals surface area contributed by atoms with Crippen LogP contribution in [0.2, 0.25) is 5.02 Å². The number of nitrogens with one attached hydrogen (secondary N) is 1. The van der Waals surface area contributed by atoms with Crippen molar-refractivity contribution < 1.29 is 9.53 Å². The number of carbonyl (C=O) groups excluding carboxylic acids is 1. The summed E-state index contributed by atoms with van der Waals surface area (Å²) in [6.45, 7) is 2.00. The summed E-state index contributed by atoms with van der Waals surface area (Å²) >= 11 is 6.43. The van der Waals surface area contributed by atoms with Crippen molar-refractivity contribution in [3.8, 4) is 5.75 Å². The van der Waals surface area contributed by atoms with Crippen LogP contribution >= 0.6 is 11.6 Å². The summed E-state index contributed by atoms with van der Waals surface area (Å²) in [5.74, 6) is 0.483. The molecule has 3 N–H and O–H groups in total. The van der Waals surface area contributed by atoms with Gasteiger partial charge in [-0.15, -0.1) is 0 Å². The summed E-state index contributed by atoms with van der Waals surface area (Å²) in [7, 11) is 1.59. The standard InChI is InChI=1S/C15H21ClN2O2/c1-10(19)18-14-12(20-2)6-5-11(16)13(14)15(9-17)7-3-4-8-15/h5-6H,3-4,7-9,17H2,1-2H3,(H,18,19). The SMILES string of the molecule is COc1ccc(Cl)c(C2(CN)CCCC2)c1NC(C)=O. The van der Waals surface area contributed by atoms with Crippen LogP contribution in [-0.2, 0) is 10.2 Å². The van der Waals surface area contributed by atoms with Crippen molar-refractivity contribution in [3.05, 3.63) is 22.7 Å². The smallest absolute Gasteiger partial charge is 0.221 e. The molecule has 0 heterocycles. The first-order chi connectivity index (χ1) is 9.54. The van der Waals surface area contributed by atoms with E-state index in [2.05, 4.69) is 5.32 Å². The van der Waals surface area contributed by atoms with Gasteiger partial charge in [0.1, 0.15) is 5.75 Å². The van der Waals surface area contributed by atoms with Gasteiger partial charge in [-0.05, 0) is 25.0 Å². The Morgan fingerprint density at radius 3 is 2.60 bits per heavy atom. The maximum absolute atomic E-state index is 11.5. The molecule has 1 aliphatic rings. The number of methoxy groups -OCH3 is 1. The highest BCUT2D eigenvalue weighted by Crippen LogP contribution is 2.48. The highest BCUT2D eigenvalue weighted by atomic mass is 35.5. The zero-order valence-corrected chi connectivity index (χ0v) is 12.7. The van der Waals surface area contributed by atoms with E-state index in [1.165, 1.54) is 6.92 Å². The predicted molar refractivity (Wildman–Crippen MR) is 81.5 cm³/mol. The minimum Gasteiger partial charge on any atom is -0.495 e. The summed E-state index contributed by atoms with van der Waals surface area (Å²) in [6.07, 6.45) is 4.24. The second-order valence-corrected chi connectivity index (χ2v) is 5.78. The van der Waals surface area contributed by atoms with Gasteiger partial charge in [-0.1, -0.05) is 24.4 Å². The largest absolute Gasteiger partial charge is 0.495 e. The van der Waals surface area contributed by atoms with Crippen molar-refractivity contribution in [1.29, 1.82) is 0 Å². The predicted octanol–water partition coefficient (Wildman–Crippen LogP) is 3.08. The fourth-order valence-corrected chi connectivity index (χ4v) is 3.51. The van der Waals surface area contributed by atoms with E-state index in [0.717, 1.165) is 31.2 Å². The summed E-state index contributed by atoms with van der Waals surface area (Å²) in [4.78, 5) is 11.5. The molecular weight excluding hydrogens is 276 g/mol. The molecule has 1 amide bonds. The van der Waals surface area contributed by atoms with Gasteiger partial charge in [0.05, 0.1) is 12.8 Å². The molecule has 1 aliphatic carbocycles. The molecule has 0 aliphatic heterocycles. The van der Waals surface area contributed by atoms with Crippen molar-refractivity contribution in [1.82, 2.24) is 0 Å². The Kier molecular flexibility index (Phi) is 4.55. The lowest BCUT2D eigenvalue weighted by molar-refractivity contribution is -0.114. The molecule has 5 heteroatoms.